The molecule has 0 amide bonds. The lowest BCUT2D eigenvalue weighted by Gasteiger charge is -2.12. The van der Waals surface area contributed by atoms with Gasteiger partial charge in [0, 0.05) is 37.5 Å². The Balaban J connectivity index is 1.64. The Labute approximate surface area is 142 Å². The van der Waals surface area contributed by atoms with E-state index in [0.29, 0.717) is 13.1 Å². The van der Waals surface area contributed by atoms with Gasteiger partial charge in [-0.05, 0) is 12.5 Å². The molecule has 3 aromatic rings. The van der Waals surface area contributed by atoms with Gasteiger partial charge in [0.2, 0.25) is 0 Å². The fraction of sp³-hybridized carbons (Fsp3) is 0.250. The minimum atomic E-state index is -0.512. The average molecular weight is 321 g/mol. The number of aliphatic hydroxyl groups excluding tert-OH is 1. The molecule has 24 heavy (non-hydrogen) atoms. The number of nitrogens with zero attached hydrogens (tertiary/aromatic N) is 2. The molecule has 3 rings (SSSR count). The van der Waals surface area contributed by atoms with Gasteiger partial charge >= 0.3 is 0 Å². The molecule has 1 heterocycles. The van der Waals surface area contributed by atoms with Gasteiger partial charge in [0.1, 0.15) is 0 Å². The van der Waals surface area contributed by atoms with Crippen molar-refractivity contribution in [2.45, 2.75) is 19.6 Å². The van der Waals surface area contributed by atoms with E-state index in [1.54, 1.807) is 0 Å². The highest BCUT2D eigenvalue weighted by Gasteiger charge is 2.11. The SMILES string of the molecule is Cc1ccc(C(O)CNCc2cn(C)nc2-c2ccccc2)cc1. The number of hydrogen-bond acceptors (Lipinski definition) is 3. The smallest absolute Gasteiger partial charge is 0.0967 e. The normalized spacial score (nSPS) is 12.3. The van der Waals surface area contributed by atoms with Gasteiger partial charge in [0.15, 0.2) is 0 Å². The molecule has 0 fully saturated rings. The van der Waals surface area contributed by atoms with Crippen LogP contribution in [0.4, 0.5) is 0 Å². The summed E-state index contributed by atoms with van der Waals surface area (Å²) in [5, 5.41) is 18.2. The number of aliphatic hydroxyl groups is 1. The summed E-state index contributed by atoms with van der Waals surface area (Å²) in [7, 11) is 1.93. The van der Waals surface area contributed by atoms with Crippen LogP contribution in [0.1, 0.15) is 22.8 Å². The maximum Gasteiger partial charge on any atom is 0.0967 e. The highest BCUT2D eigenvalue weighted by molar-refractivity contribution is 5.62. The molecule has 4 heteroatoms. The quantitative estimate of drug-likeness (QED) is 0.733. The second-order valence-electron chi connectivity index (χ2n) is 6.10. The Morgan fingerprint density at radius 2 is 1.79 bits per heavy atom. The Morgan fingerprint density at radius 1 is 1.08 bits per heavy atom. The van der Waals surface area contributed by atoms with Crippen molar-refractivity contribution in [1.82, 2.24) is 15.1 Å². The van der Waals surface area contributed by atoms with Gasteiger partial charge in [0.25, 0.3) is 0 Å². The third-order valence-corrected chi connectivity index (χ3v) is 4.07. The van der Waals surface area contributed by atoms with E-state index in [1.165, 1.54) is 5.56 Å². The van der Waals surface area contributed by atoms with E-state index in [-0.39, 0.29) is 0 Å². The molecular formula is C20H23N3O. The van der Waals surface area contributed by atoms with Crippen molar-refractivity contribution in [3.05, 3.63) is 77.5 Å². The molecule has 0 bridgehead atoms. The second kappa shape index (κ2) is 7.43. The van der Waals surface area contributed by atoms with Crippen LogP contribution in [0.3, 0.4) is 0 Å². The molecule has 1 unspecified atom stereocenters. The predicted octanol–water partition coefficient (Wildman–Crippen LogP) is 3.22. The van der Waals surface area contributed by atoms with Crippen molar-refractivity contribution in [3.63, 3.8) is 0 Å². The topological polar surface area (TPSA) is 50.1 Å². The van der Waals surface area contributed by atoms with Crippen molar-refractivity contribution in [2.75, 3.05) is 6.54 Å². The van der Waals surface area contributed by atoms with Crippen molar-refractivity contribution in [1.29, 1.82) is 0 Å². The first-order valence-electron chi connectivity index (χ1n) is 8.17. The molecule has 0 aliphatic heterocycles. The number of nitrogens with one attached hydrogen (secondary N) is 1. The first-order valence-corrected chi connectivity index (χ1v) is 8.17. The van der Waals surface area contributed by atoms with Crippen LogP contribution in [0.2, 0.25) is 0 Å². The van der Waals surface area contributed by atoms with E-state index in [4.69, 9.17) is 0 Å². The third-order valence-electron chi connectivity index (χ3n) is 4.07. The fourth-order valence-electron chi connectivity index (χ4n) is 2.76. The lowest BCUT2D eigenvalue weighted by molar-refractivity contribution is 0.174. The van der Waals surface area contributed by atoms with Gasteiger partial charge in [-0.1, -0.05) is 60.2 Å². The van der Waals surface area contributed by atoms with E-state index >= 15 is 0 Å². The van der Waals surface area contributed by atoms with E-state index < -0.39 is 6.10 Å². The van der Waals surface area contributed by atoms with Gasteiger partial charge in [-0.15, -0.1) is 0 Å². The van der Waals surface area contributed by atoms with Crippen LogP contribution < -0.4 is 5.32 Å². The van der Waals surface area contributed by atoms with Crippen LogP contribution in [0, 0.1) is 6.92 Å². The summed E-state index contributed by atoms with van der Waals surface area (Å²) in [6.45, 7) is 3.22. The van der Waals surface area contributed by atoms with Crippen LogP contribution in [-0.4, -0.2) is 21.4 Å². The van der Waals surface area contributed by atoms with Crippen molar-refractivity contribution in [3.8, 4) is 11.3 Å². The summed E-state index contributed by atoms with van der Waals surface area (Å²) in [5.41, 5.74) is 5.34. The fourth-order valence-corrected chi connectivity index (χ4v) is 2.76. The molecule has 0 saturated carbocycles. The molecule has 2 aromatic carbocycles. The highest BCUT2D eigenvalue weighted by Crippen LogP contribution is 2.21. The summed E-state index contributed by atoms with van der Waals surface area (Å²) in [6.07, 6.45) is 1.51. The Kier molecular flexibility index (Phi) is 5.08. The van der Waals surface area contributed by atoms with Crippen LogP contribution in [0.5, 0.6) is 0 Å². The number of hydrogen-bond donors (Lipinski definition) is 2. The monoisotopic (exact) mass is 321 g/mol. The van der Waals surface area contributed by atoms with Crippen molar-refractivity contribution < 1.29 is 5.11 Å². The third kappa shape index (κ3) is 3.91. The lowest BCUT2D eigenvalue weighted by Crippen LogP contribution is -2.21. The summed E-state index contributed by atoms with van der Waals surface area (Å²) in [5.74, 6) is 0. The largest absolute Gasteiger partial charge is 0.387 e. The standard InChI is InChI=1S/C20H23N3O/c1-15-8-10-16(11-9-15)19(24)13-21-12-18-14-23(2)22-20(18)17-6-4-3-5-7-17/h3-11,14,19,21,24H,12-13H2,1-2H3. The average Bonchev–Trinajstić information content (AvgIpc) is 2.97. The highest BCUT2D eigenvalue weighted by atomic mass is 16.3. The molecule has 1 aromatic heterocycles. The molecule has 0 spiro atoms. The van der Waals surface area contributed by atoms with Crippen LogP contribution in [-0.2, 0) is 13.6 Å². The number of aryl methyl sites for hydroxylation is 2. The van der Waals surface area contributed by atoms with Gasteiger partial charge in [0.05, 0.1) is 11.8 Å². The Bertz CT molecular complexity index is 778. The molecule has 4 nitrogen and oxygen atoms in total. The molecule has 0 aliphatic carbocycles. The van der Waals surface area contributed by atoms with Crippen LogP contribution in [0.15, 0.2) is 60.8 Å². The molecular weight excluding hydrogens is 298 g/mol. The maximum atomic E-state index is 10.3. The molecule has 2 N–H and O–H groups in total. The van der Waals surface area contributed by atoms with Gasteiger partial charge in [-0.2, -0.15) is 5.10 Å². The van der Waals surface area contributed by atoms with E-state index in [0.717, 1.165) is 22.4 Å². The van der Waals surface area contributed by atoms with Gasteiger partial charge in [-0.3, -0.25) is 4.68 Å². The lowest BCUT2D eigenvalue weighted by atomic mass is 10.1. The molecule has 0 saturated heterocycles. The first-order chi connectivity index (χ1) is 11.6. The molecule has 1 atom stereocenters. The van der Waals surface area contributed by atoms with Crippen molar-refractivity contribution >= 4 is 0 Å². The Hall–Kier alpha value is -2.43. The summed E-state index contributed by atoms with van der Waals surface area (Å²) >= 11 is 0. The summed E-state index contributed by atoms with van der Waals surface area (Å²) < 4.78 is 1.83. The number of aromatic nitrogens is 2. The number of benzene rings is 2. The second-order valence-corrected chi connectivity index (χ2v) is 6.10. The van der Waals surface area contributed by atoms with E-state index in [9.17, 15) is 5.11 Å². The minimum absolute atomic E-state index is 0.506. The van der Waals surface area contributed by atoms with Gasteiger partial charge in [-0.25, -0.2) is 0 Å². The summed E-state index contributed by atoms with van der Waals surface area (Å²) in [4.78, 5) is 0. The zero-order valence-corrected chi connectivity index (χ0v) is 14.1. The molecule has 124 valence electrons. The van der Waals surface area contributed by atoms with E-state index in [1.807, 2.05) is 67.3 Å². The zero-order chi connectivity index (χ0) is 16.9. The number of rotatable bonds is 6. The zero-order valence-electron chi connectivity index (χ0n) is 14.1. The van der Waals surface area contributed by atoms with Gasteiger partial charge < -0.3 is 10.4 Å². The molecule has 0 radical (unpaired) electrons. The first kappa shape index (κ1) is 16.4. The summed E-state index contributed by atoms with van der Waals surface area (Å²) in [6, 6.07) is 18.1. The Morgan fingerprint density at radius 3 is 2.50 bits per heavy atom. The van der Waals surface area contributed by atoms with Crippen molar-refractivity contribution in [2.24, 2.45) is 7.05 Å². The van der Waals surface area contributed by atoms with Crippen LogP contribution in [0.25, 0.3) is 11.3 Å². The predicted molar refractivity (Wildman–Crippen MR) is 96.5 cm³/mol. The molecule has 0 aliphatic rings. The van der Waals surface area contributed by atoms with E-state index in [2.05, 4.69) is 22.5 Å². The van der Waals surface area contributed by atoms with Crippen LogP contribution >= 0.6 is 0 Å². The maximum absolute atomic E-state index is 10.3. The minimum Gasteiger partial charge on any atom is -0.387 e.